The Hall–Kier alpha value is -0.870. The lowest BCUT2D eigenvalue weighted by molar-refractivity contribution is 0.597. The van der Waals surface area contributed by atoms with Crippen LogP contribution in [0.15, 0.2) is 30.5 Å². The van der Waals surface area contributed by atoms with Gasteiger partial charge in [-0.15, -0.1) is 0 Å². The van der Waals surface area contributed by atoms with E-state index in [1.54, 1.807) is 6.07 Å². The van der Waals surface area contributed by atoms with E-state index in [0.29, 0.717) is 20.8 Å². The highest BCUT2D eigenvalue weighted by molar-refractivity contribution is 6.34. The van der Waals surface area contributed by atoms with Crippen molar-refractivity contribution in [2.75, 3.05) is 0 Å². The normalized spacial score (nSPS) is 12.5. The lowest BCUT2D eigenvalue weighted by Crippen LogP contribution is -2.15. The second-order valence-corrected chi connectivity index (χ2v) is 4.94. The van der Waals surface area contributed by atoms with Crippen LogP contribution < -0.4 is 5.73 Å². The fourth-order valence-corrected chi connectivity index (χ4v) is 2.21. The predicted octanol–water partition coefficient (Wildman–Crippen LogP) is 4.23. The van der Waals surface area contributed by atoms with Gasteiger partial charge in [-0.3, -0.25) is 4.98 Å². The first kappa shape index (κ1) is 13.6. The summed E-state index contributed by atoms with van der Waals surface area (Å²) >= 11 is 17.4. The van der Waals surface area contributed by atoms with Crippen molar-refractivity contribution in [2.24, 2.45) is 5.73 Å². The molecule has 0 radical (unpaired) electrons. The van der Waals surface area contributed by atoms with E-state index in [9.17, 15) is 4.39 Å². The minimum atomic E-state index is -0.771. The van der Waals surface area contributed by atoms with Gasteiger partial charge in [-0.25, -0.2) is 4.39 Å². The van der Waals surface area contributed by atoms with E-state index in [-0.39, 0.29) is 5.56 Å². The fraction of sp³-hybridized carbons (Fsp3) is 0.0833. The molecule has 1 aromatic heterocycles. The molecule has 2 aromatic rings. The zero-order chi connectivity index (χ0) is 13.3. The molecule has 0 amide bonds. The van der Waals surface area contributed by atoms with Gasteiger partial charge in [0.25, 0.3) is 0 Å². The lowest BCUT2D eigenvalue weighted by atomic mass is 10.0. The Bertz CT molecular complexity index is 538. The number of aromatic nitrogens is 1. The fourth-order valence-electron chi connectivity index (χ4n) is 1.56. The van der Waals surface area contributed by atoms with Crippen molar-refractivity contribution in [1.82, 2.24) is 4.98 Å². The van der Waals surface area contributed by atoms with E-state index in [1.807, 2.05) is 0 Å². The highest BCUT2D eigenvalue weighted by atomic mass is 35.5. The summed E-state index contributed by atoms with van der Waals surface area (Å²) in [6.45, 7) is 0. The van der Waals surface area contributed by atoms with E-state index >= 15 is 0 Å². The molecule has 0 aliphatic rings. The van der Waals surface area contributed by atoms with Crippen molar-refractivity contribution in [3.63, 3.8) is 0 Å². The molecule has 0 bridgehead atoms. The van der Waals surface area contributed by atoms with Crippen LogP contribution in [-0.4, -0.2) is 4.98 Å². The third-order valence-electron chi connectivity index (χ3n) is 2.43. The van der Waals surface area contributed by atoms with Crippen molar-refractivity contribution in [2.45, 2.75) is 6.04 Å². The van der Waals surface area contributed by atoms with Crippen molar-refractivity contribution in [3.8, 4) is 0 Å². The molecule has 1 unspecified atom stereocenters. The summed E-state index contributed by atoms with van der Waals surface area (Å²) in [6, 6.07) is 5.00. The summed E-state index contributed by atoms with van der Waals surface area (Å²) in [6.07, 6.45) is 1.41. The van der Waals surface area contributed by atoms with Gasteiger partial charge in [-0.1, -0.05) is 40.9 Å². The van der Waals surface area contributed by atoms with Crippen LogP contribution in [-0.2, 0) is 0 Å². The molecule has 2 N–H and O–H groups in total. The second-order valence-electron chi connectivity index (χ2n) is 3.66. The number of hydrogen-bond acceptors (Lipinski definition) is 2. The minimum absolute atomic E-state index is 0.274. The molecular weight excluding hydrogens is 298 g/mol. The molecule has 0 saturated heterocycles. The molecular formula is C12H8Cl3FN2. The molecule has 1 atom stereocenters. The molecule has 0 spiro atoms. The molecule has 1 heterocycles. The number of benzene rings is 1. The average Bonchev–Trinajstić information content (AvgIpc) is 2.28. The summed E-state index contributed by atoms with van der Waals surface area (Å²) in [4.78, 5) is 4.03. The Labute approximate surface area is 118 Å². The number of nitrogens with two attached hydrogens (primary N) is 1. The molecule has 1 aromatic carbocycles. The Morgan fingerprint density at radius 3 is 2.44 bits per heavy atom. The van der Waals surface area contributed by atoms with Gasteiger partial charge in [0.2, 0.25) is 0 Å². The highest BCUT2D eigenvalue weighted by Gasteiger charge is 2.18. The maximum atomic E-state index is 13.7. The second kappa shape index (κ2) is 5.41. The Kier molecular flexibility index (Phi) is 4.07. The molecule has 2 nitrogen and oxygen atoms in total. The Morgan fingerprint density at radius 2 is 1.83 bits per heavy atom. The van der Waals surface area contributed by atoms with Crippen LogP contribution in [0.1, 0.15) is 17.3 Å². The van der Waals surface area contributed by atoms with Crippen LogP contribution in [0.4, 0.5) is 4.39 Å². The van der Waals surface area contributed by atoms with Crippen LogP contribution in [0.3, 0.4) is 0 Å². The van der Waals surface area contributed by atoms with Crippen molar-refractivity contribution in [3.05, 3.63) is 62.6 Å². The molecule has 0 saturated carbocycles. The van der Waals surface area contributed by atoms with Gasteiger partial charge in [0.15, 0.2) is 0 Å². The first-order valence-corrected chi connectivity index (χ1v) is 6.14. The maximum absolute atomic E-state index is 13.7. The Balaban J connectivity index is 2.44. The van der Waals surface area contributed by atoms with E-state index in [4.69, 9.17) is 40.5 Å². The smallest absolute Gasteiger partial charge is 0.129 e. The average molecular weight is 306 g/mol. The monoisotopic (exact) mass is 304 g/mol. The zero-order valence-corrected chi connectivity index (χ0v) is 11.3. The summed E-state index contributed by atoms with van der Waals surface area (Å²) in [7, 11) is 0. The highest BCUT2D eigenvalue weighted by Crippen LogP contribution is 2.29. The molecule has 0 fully saturated rings. The van der Waals surface area contributed by atoms with Crippen LogP contribution in [0.25, 0.3) is 0 Å². The van der Waals surface area contributed by atoms with Crippen molar-refractivity contribution < 1.29 is 4.39 Å². The summed E-state index contributed by atoms with van der Waals surface area (Å²) in [5.41, 5.74) is 6.58. The SMILES string of the molecule is NC(c1ccc(Cl)cc1F)c1ncc(Cl)cc1Cl. The van der Waals surface area contributed by atoms with E-state index in [0.717, 1.165) is 0 Å². The van der Waals surface area contributed by atoms with E-state index < -0.39 is 11.9 Å². The van der Waals surface area contributed by atoms with Crippen LogP contribution in [0, 0.1) is 5.82 Å². The maximum Gasteiger partial charge on any atom is 0.129 e. The summed E-state index contributed by atoms with van der Waals surface area (Å²) < 4.78 is 13.7. The van der Waals surface area contributed by atoms with Gasteiger partial charge in [0.05, 0.1) is 21.8 Å². The third-order valence-corrected chi connectivity index (χ3v) is 3.17. The standard InChI is InChI=1S/C12H8Cl3FN2/c13-6-1-2-8(10(16)4-6)11(17)12-9(15)3-7(14)5-18-12/h1-5,11H,17H2. The molecule has 6 heteroatoms. The summed E-state index contributed by atoms with van der Waals surface area (Å²) in [5, 5.41) is 0.996. The molecule has 0 aliphatic heterocycles. The first-order valence-electron chi connectivity index (χ1n) is 5.00. The van der Waals surface area contributed by atoms with Gasteiger partial charge in [-0.05, 0) is 18.2 Å². The van der Waals surface area contributed by atoms with Gasteiger partial charge in [0.1, 0.15) is 5.82 Å². The summed E-state index contributed by atoms with van der Waals surface area (Å²) in [5.74, 6) is -0.497. The minimum Gasteiger partial charge on any atom is -0.319 e. The van der Waals surface area contributed by atoms with Crippen molar-refractivity contribution >= 4 is 34.8 Å². The largest absolute Gasteiger partial charge is 0.319 e. The van der Waals surface area contributed by atoms with Gasteiger partial charge in [0, 0.05) is 16.8 Å². The number of rotatable bonds is 2. The molecule has 94 valence electrons. The third kappa shape index (κ3) is 2.75. The first-order chi connectivity index (χ1) is 8.49. The molecule has 2 rings (SSSR count). The topological polar surface area (TPSA) is 38.9 Å². The van der Waals surface area contributed by atoms with E-state index in [1.165, 1.54) is 24.4 Å². The number of hydrogen-bond donors (Lipinski definition) is 1. The number of halogens is 4. The predicted molar refractivity (Wildman–Crippen MR) is 71.7 cm³/mol. The van der Waals surface area contributed by atoms with Crippen LogP contribution in [0.5, 0.6) is 0 Å². The van der Waals surface area contributed by atoms with E-state index in [2.05, 4.69) is 4.98 Å². The zero-order valence-electron chi connectivity index (χ0n) is 9.00. The lowest BCUT2D eigenvalue weighted by Gasteiger charge is -2.14. The molecule has 0 aliphatic carbocycles. The van der Waals surface area contributed by atoms with Gasteiger partial charge >= 0.3 is 0 Å². The Morgan fingerprint density at radius 1 is 1.11 bits per heavy atom. The number of nitrogens with zero attached hydrogens (tertiary/aromatic N) is 1. The quantitative estimate of drug-likeness (QED) is 0.902. The van der Waals surface area contributed by atoms with Gasteiger partial charge in [-0.2, -0.15) is 0 Å². The molecule has 18 heavy (non-hydrogen) atoms. The number of pyridine rings is 1. The van der Waals surface area contributed by atoms with Crippen molar-refractivity contribution in [1.29, 1.82) is 0 Å². The van der Waals surface area contributed by atoms with Crippen LogP contribution in [0.2, 0.25) is 15.1 Å². The van der Waals surface area contributed by atoms with Crippen LogP contribution >= 0.6 is 34.8 Å². The van der Waals surface area contributed by atoms with Gasteiger partial charge < -0.3 is 5.73 Å².